The van der Waals surface area contributed by atoms with Gasteiger partial charge in [0, 0.05) is 31.7 Å². The standard InChI is InChI=1S/C15H21F3N2/c1-2-13-11-20(9-8-15(16,17)18)14(10-19-13)12-6-4-3-5-7-12/h3-7,13-14,19H,2,8-11H2,1H3. The molecule has 2 atom stereocenters. The Labute approximate surface area is 118 Å². The molecule has 1 saturated heterocycles. The molecule has 1 aliphatic rings. The molecule has 0 spiro atoms. The zero-order chi connectivity index (χ0) is 14.6. The summed E-state index contributed by atoms with van der Waals surface area (Å²) < 4.78 is 37.4. The Hall–Kier alpha value is -1.07. The lowest BCUT2D eigenvalue weighted by molar-refractivity contribution is -0.140. The van der Waals surface area contributed by atoms with Crippen molar-refractivity contribution in [1.82, 2.24) is 10.2 Å². The van der Waals surface area contributed by atoms with Crippen molar-refractivity contribution < 1.29 is 13.2 Å². The van der Waals surface area contributed by atoms with Gasteiger partial charge in [0.15, 0.2) is 0 Å². The minimum absolute atomic E-state index is 0.0290. The molecule has 2 nitrogen and oxygen atoms in total. The van der Waals surface area contributed by atoms with E-state index in [1.54, 1.807) is 0 Å². The lowest BCUT2D eigenvalue weighted by Gasteiger charge is -2.40. The van der Waals surface area contributed by atoms with E-state index in [4.69, 9.17) is 0 Å². The van der Waals surface area contributed by atoms with Crippen LogP contribution in [-0.2, 0) is 0 Å². The fourth-order valence-corrected chi connectivity index (χ4v) is 2.68. The first-order valence-electron chi connectivity index (χ1n) is 7.08. The number of halogens is 3. The first-order chi connectivity index (χ1) is 9.49. The van der Waals surface area contributed by atoms with E-state index >= 15 is 0 Å². The number of nitrogens with zero attached hydrogens (tertiary/aromatic N) is 1. The Bertz CT molecular complexity index is 405. The number of nitrogens with one attached hydrogen (secondary N) is 1. The van der Waals surface area contributed by atoms with Crippen LogP contribution in [0.5, 0.6) is 0 Å². The lowest BCUT2D eigenvalue weighted by Crippen LogP contribution is -2.52. The molecule has 0 aliphatic carbocycles. The summed E-state index contributed by atoms with van der Waals surface area (Å²) in [4.78, 5) is 1.97. The van der Waals surface area contributed by atoms with Crippen LogP contribution in [0.4, 0.5) is 13.2 Å². The highest BCUT2D eigenvalue weighted by Gasteiger charge is 2.33. The lowest BCUT2D eigenvalue weighted by atomic mass is 10.00. The highest BCUT2D eigenvalue weighted by molar-refractivity contribution is 5.20. The van der Waals surface area contributed by atoms with Crippen molar-refractivity contribution in [1.29, 1.82) is 0 Å². The van der Waals surface area contributed by atoms with Gasteiger partial charge in [-0.2, -0.15) is 13.2 Å². The van der Waals surface area contributed by atoms with Crippen molar-refractivity contribution in [2.24, 2.45) is 0 Å². The zero-order valence-electron chi connectivity index (χ0n) is 11.7. The molecule has 0 saturated carbocycles. The SMILES string of the molecule is CCC1CN(CCC(F)(F)F)C(c2ccccc2)CN1. The summed E-state index contributed by atoms with van der Waals surface area (Å²) in [6, 6.07) is 10.1. The van der Waals surface area contributed by atoms with Gasteiger partial charge in [-0.25, -0.2) is 0 Å². The van der Waals surface area contributed by atoms with Gasteiger partial charge in [-0.1, -0.05) is 37.3 Å². The average molecular weight is 286 g/mol. The van der Waals surface area contributed by atoms with Gasteiger partial charge in [0.25, 0.3) is 0 Å². The van der Waals surface area contributed by atoms with E-state index in [0.29, 0.717) is 13.1 Å². The molecule has 1 fully saturated rings. The molecular weight excluding hydrogens is 265 g/mol. The first-order valence-corrected chi connectivity index (χ1v) is 7.08. The third kappa shape index (κ3) is 4.21. The molecule has 1 heterocycles. The van der Waals surface area contributed by atoms with Crippen LogP contribution in [0.15, 0.2) is 30.3 Å². The van der Waals surface area contributed by atoms with Crippen LogP contribution in [0.2, 0.25) is 0 Å². The summed E-state index contributed by atoms with van der Waals surface area (Å²) >= 11 is 0. The number of alkyl halides is 3. The van der Waals surface area contributed by atoms with Gasteiger partial charge in [0.05, 0.1) is 6.42 Å². The quantitative estimate of drug-likeness (QED) is 0.913. The average Bonchev–Trinajstić information content (AvgIpc) is 2.45. The van der Waals surface area contributed by atoms with Crippen LogP contribution in [0.3, 0.4) is 0 Å². The molecule has 5 heteroatoms. The number of hydrogen-bond donors (Lipinski definition) is 1. The maximum Gasteiger partial charge on any atom is 0.390 e. The van der Waals surface area contributed by atoms with E-state index in [1.807, 2.05) is 35.2 Å². The third-order valence-corrected chi connectivity index (χ3v) is 3.86. The minimum atomic E-state index is -4.09. The van der Waals surface area contributed by atoms with Gasteiger partial charge in [-0.05, 0) is 12.0 Å². The molecule has 0 radical (unpaired) electrons. The van der Waals surface area contributed by atoms with Crippen molar-refractivity contribution in [2.45, 2.75) is 38.0 Å². The maximum absolute atomic E-state index is 12.5. The molecule has 0 amide bonds. The largest absolute Gasteiger partial charge is 0.390 e. The normalized spacial score (nSPS) is 24.8. The second kappa shape index (κ2) is 6.59. The van der Waals surface area contributed by atoms with Gasteiger partial charge in [0.1, 0.15) is 0 Å². The Balaban J connectivity index is 2.08. The van der Waals surface area contributed by atoms with Gasteiger partial charge < -0.3 is 5.32 Å². The van der Waals surface area contributed by atoms with E-state index < -0.39 is 12.6 Å². The van der Waals surface area contributed by atoms with Gasteiger partial charge in [-0.15, -0.1) is 0 Å². The molecule has 112 valence electrons. The molecule has 2 rings (SSSR count). The van der Waals surface area contributed by atoms with Crippen molar-refractivity contribution in [2.75, 3.05) is 19.6 Å². The Morgan fingerprint density at radius 1 is 1.25 bits per heavy atom. The van der Waals surface area contributed by atoms with E-state index in [1.165, 1.54) is 0 Å². The highest BCUT2D eigenvalue weighted by Crippen LogP contribution is 2.27. The Morgan fingerprint density at radius 2 is 1.95 bits per heavy atom. The van der Waals surface area contributed by atoms with Crippen LogP contribution < -0.4 is 5.32 Å². The summed E-state index contributed by atoms with van der Waals surface area (Å²) in [5, 5.41) is 3.42. The first kappa shape index (κ1) is 15.3. The predicted molar refractivity (Wildman–Crippen MR) is 73.5 cm³/mol. The monoisotopic (exact) mass is 286 g/mol. The minimum Gasteiger partial charge on any atom is -0.311 e. The summed E-state index contributed by atoms with van der Waals surface area (Å²) in [6.07, 6.45) is -3.90. The number of benzene rings is 1. The second-order valence-corrected chi connectivity index (χ2v) is 5.30. The molecule has 0 aromatic heterocycles. The van der Waals surface area contributed by atoms with Gasteiger partial charge >= 0.3 is 6.18 Å². The molecular formula is C15H21F3N2. The molecule has 1 aromatic carbocycles. The van der Waals surface area contributed by atoms with Crippen LogP contribution in [0.1, 0.15) is 31.4 Å². The number of rotatable bonds is 4. The number of piperazine rings is 1. The van der Waals surface area contributed by atoms with Crippen molar-refractivity contribution in [3.63, 3.8) is 0 Å². The molecule has 1 aliphatic heterocycles. The highest BCUT2D eigenvalue weighted by atomic mass is 19.4. The molecule has 1 aromatic rings. The Morgan fingerprint density at radius 3 is 2.55 bits per heavy atom. The second-order valence-electron chi connectivity index (χ2n) is 5.30. The maximum atomic E-state index is 12.5. The fourth-order valence-electron chi connectivity index (χ4n) is 2.68. The number of hydrogen-bond acceptors (Lipinski definition) is 2. The van der Waals surface area contributed by atoms with Crippen LogP contribution in [0, 0.1) is 0 Å². The zero-order valence-corrected chi connectivity index (χ0v) is 11.7. The summed E-state index contributed by atoms with van der Waals surface area (Å²) in [5.41, 5.74) is 1.08. The third-order valence-electron chi connectivity index (χ3n) is 3.86. The van der Waals surface area contributed by atoms with Crippen LogP contribution >= 0.6 is 0 Å². The smallest absolute Gasteiger partial charge is 0.311 e. The summed E-state index contributed by atoms with van der Waals surface area (Å²) in [7, 11) is 0. The summed E-state index contributed by atoms with van der Waals surface area (Å²) in [6.45, 7) is 3.51. The van der Waals surface area contributed by atoms with Crippen molar-refractivity contribution in [3.05, 3.63) is 35.9 Å². The Kier molecular flexibility index (Phi) is 5.05. The molecule has 2 unspecified atom stereocenters. The topological polar surface area (TPSA) is 15.3 Å². The van der Waals surface area contributed by atoms with E-state index in [0.717, 1.165) is 12.0 Å². The van der Waals surface area contributed by atoms with Gasteiger partial charge in [0.2, 0.25) is 0 Å². The summed E-state index contributed by atoms with van der Waals surface area (Å²) in [5.74, 6) is 0. The van der Waals surface area contributed by atoms with Gasteiger partial charge in [-0.3, -0.25) is 4.90 Å². The van der Waals surface area contributed by atoms with Crippen LogP contribution in [0.25, 0.3) is 0 Å². The molecule has 20 heavy (non-hydrogen) atoms. The van der Waals surface area contributed by atoms with E-state index in [2.05, 4.69) is 12.2 Å². The predicted octanol–water partition coefficient (Wildman–Crippen LogP) is 3.36. The fraction of sp³-hybridized carbons (Fsp3) is 0.600. The molecule has 1 N–H and O–H groups in total. The molecule has 0 bridgehead atoms. The van der Waals surface area contributed by atoms with Crippen molar-refractivity contribution in [3.8, 4) is 0 Å². The van der Waals surface area contributed by atoms with Crippen LogP contribution in [-0.4, -0.2) is 36.8 Å². The van der Waals surface area contributed by atoms with E-state index in [-0.39, 0.29) is 18.6 Å². The van der Waals surface area contributed by atoms with E-state index in [9.17, 15) is 13.2 Å². The van der Waals surface area contributed by atoms with Crippen molar-refractivity contribution >= 4 is 0 Å².